The zero-order chi connectivity index (χ0) is 17.2. The fourth-order valence-corrected chi connectivity index (χ4v) is 3.80. The Morgan fingerprint density at radius 1 is 1.20 bits per heavy atom. The zero-order valence-electron chi connectivity index (χ0n) is 14.3. The second-order valence-corrected chi connectivity index (χ2v) is 6.70. The van der Waals surface area contributed by atoms with E-state index in [0.717, 1.165) is 38.8 Å². The third-order valence-corrected chi connectivity index (χ3v) is 4.98. The molecule has 25 heavy (non-hydrogen) atoms. The molecule has 4 heterocycles. The third-order valence-electron chi connectivity index (χ3n) is 4.98. The van der Waals surface area contributed by atoms with Gasteiger partial charge in [0.25, 0.3) is 0 Å². The molecule has 4 rings (SSSR count). The number of hydrogen-bond donors (Lipinski definition) is 0. The number of anilines is 1. The van der Waals surface area contributed by atoms with Gasteiger partial charge in [-0.25, -0.2) is 9.97 Å². The van der Waals surface area contributed by atoms with Crippen LogP contribution in [0.1, 0.15) is 43.4 Å². The van der Waals surface area contributed by atoms with Crippen LogP contribution in [-0.4, -0.2) is 50.5 Å². The summed E-state index contributed by atoms with van der Waals surface area (Å²) in [5.41, 5.74) is 0. The summed E-state index contributed by atoms with van der Waals surface area (Å²) >= 11 is 0. The first-order chi connectivity index (χ1) is 12.2. The maximum Gasteiger partial charge on any atom is 0.228 e. The van der Waals surface area contributed by atoms with Gasteiger partial charge in [-0.05, 0) is 31.7 Å². The highest BCUT2D eigenvalue weighted by molar-refractivity contribution is 5.80. The maximum atomic E-state index is 13.1. The summed E-state index contributed by atoms with van der Waals surface area (Å²) < 4.78 is 5.10. The molecular formula is C17H22N6O2. The number of rotatable bonds is 3. The number of piperidine rings is 1. The molecule has 2 saturated heterocycles. The number of carbonyl (C=O) groups is 1. The Morgan fingerprint density at radius 2 is 2.00 bits per heavy atom. The molecule has 132 valence electrons. The van der Waals surface area contributed by atoms with Crippen molar-refractivity contribution >= 4 is 11.9 Å². The number of carbonyl (C=O) groups excluding carboxylic acids is 1. The fraction of sp³-hybridized carbons (Fsp3) is 0.588. The SMILES string of the molecule is Cc1nc(C2CCCN2C(=O)C2CCCN(c3ncccn3)C2)no1. The highest BCUT2D eigenvalue weighted by Gasteiger charge is 2.38. The average molecular weight is 342 g/mol. The van der Waals surface area contributed by atoms with Crippen molar-refractivity contribution in [2.24, 2.45) is 5.92 Å². The first-order valence-corrected chi connectivity index (χ1v) is 8.85. The summed E-state index contributed by atoms with van der Waals surface area (Å²) in [6, 6.07) is 1.74. The van der Waals surface area contributed by atoms with E-state index in [1.54, 1.807) is 25.4 Å². The first kappa shape index (κ1) is 16.0. The lowest BCUT2D eigenvalue weighted by Crippen LogP contribution is -2.45. The first-order valence-electron chi connectivity index (χ1n) is 8.85. The molecule has 2 aliphatic heterocycles. The number of likely N-dealkylation sites (tertiary alicyclic amines) is 1. The summed E-state index contributed by atoms with van der Waals surface area (Å²) in [5, 5.41) is 4.03. The minimum atomic E-state index is -0.0618. The van der Waals surface area contributed by atoms with E-state index in [2.05, 4.69) is 25.0 Å². The summed E-state index contributed by atoms with van der Waals surface area (Å²) in [4.78, 5) is 30.1. The Morgan fingerprint density at radius 3 is 2.76 bits per heavy atom. The van der Waals surface area contributed by atoms with Gasteiger partial charge >= 0.3 is 0 Å². The van der Waals surface area contributed by atoms with Gasteiger partial charge in [0.15, 0.2) is 5.82 Å². The highest BCUT2D eigenvalue weighted by Crippen LogP contribution is 2.33. The van der Waals surface area contributed by atoms with Crippen LogP contribution in [0.3, 0.4) is 0 Å². The summed E-state index contributed by atoms with van der Waals surface area (Å²) in [6.07, 6.45) is 7.21. The zero-order valence-corrected chi connectivity index (χ0v) is 14.3. The second kappa shape index (κ2) is 6.78. The molecule has 8 nitrogen and oxygen atoms in total. The average Bonchev–Trinajstić information content (AvgIpc) is 3.30. The van der Waals surface area contributed by atoms with Crippen LogP contribution in [0.5, 0.6) is 0 Å². The third kappa shape index (κ3) is 3.20. The smallest absolute Gasteiger partial charge is 0.228 e. The predicted molar refractivity (Wildman–Crippen MR) is 89.7 cm³/mol. The van der Waals surface area contributed by atoms with E-state index in [9.17, 15) is 4.79 Å². The largest absolute Gasteiger partial charge is 0.340 e. The van der Waals surface area contributed by atoms with Crippen LogP contribution in [0.4, 0.5) is 5.95 Å². The van der Waals surface area contributed by atoms with Gasteiger partial charge in [-0.15, -0.1) is 0 Å². The molecule has 0 bridgehead atoms. The van der Waals surface area contributed by atoms with Crippen LogP contribution in [-0.2, 0) is 4.79 Å². The summed E-state index contributed by atoms with van der Waals surface area (Å²) in [6.45, 7) is 4.09. The summed E-state index contributed by atoms with van der Waals surface area (Å²) in [7, 11) is 0. The quantitative estimate of drug-likeness (QED) is 0.839. The lowest BCUT2D eigenvalue weighted by molar-refractivity contribution is -0.137. The number of aromatic nitrogens is 4. The van der Waals surface area contributed by atoms with Gasteiger partial charge < -0.3 is 14.3 Å². The molecule has 1 amide bonds. The van der Waals surface area contributed by atoms with E-state index in [1.807, 2.05) is 4.90 Å². The van der Waals surface area contributed by atoms with Crippen LogP contribution < -0.4 is 4.90 Å². The Labute approximate surface area is 146 Å². The molecule has 0 aliphatic carbocycles. The van der Waals surface area contributed by atoms with Gasteiger partial charge in [-0.3, -0.25) is 4.79 Å². The molecule has 0 saturated carbocycles. The molecule has 0 aromatic carbocycles. The molecule has 2 aromatic heterocycles. The molecule has 2 fully saturated rings. The van der Waals surface area contributed by atoms with E-state index >= 15 is 0 Å². The van der Waals surface area contributed by atoms with Gasteiger partial charge in [-0.2, -0.15) is 4.98 Å². The van der Waals surface area contributed by atoms with Crippen molar-refractivity contribution in [1.82, 2.24) is 25.0 Å². The highest BCUT2D eigenvalue weighted by atomic mass is 16.5. The minimum absolute atomic E-state index is 0.0360. The molecule has 0 N–H and O–H groups in total. The lowest BCUT2D eigenvalue weighted by Gasteiger charge is -2.35. The topological polar surface area (TPSA) is 88.3 Å². The van der Waals surface area contributed by atoms with Crippen molar-refractivity contribution in [2.75, 3.05) is 24.5 Å². The van der Waals surface area contributed by atoms with Crippen molar-refractivity contribution < 1.29 is 9.32 Å². The number of aryl methyl sites for hydroxylation is 1. The Hall–Kier alpha value is -2.51. The van der Waals surface area contributed by atoms with Crippen molar-refractivity contribution in [3.63, 3.8) is 0 Å². The molecule has 2 unspecified atom stereocenters. The predicted octanol–water partition coefficient (Wildman–Crippen LogP) is 1.75. The van der Waals surface area contributed by atoms with Crippen LogP contribution in [0.15, 0.2) is 23.0 Å². The van der Waals surface area contributed by atoms with E-state index < -0.39 is 0 Å². The monoisotopic (exact) mass is 342 g/mol. The van der Waals surface area contributed by atoms with E-state index in [4.69, 9.17) is 4.52 Å². The Bertz CT molecular complexity index is 734. The Kier molecular flexibility index (Phi) is 4.33. The van der Waals surface area contributed by atoms with Gasteiger partial charge in [-0.1, -0.05) is 5.16 Å². The molecule has 2 aliphatic rings. The number of nitrogens with zero attached hydrogens (tertiary/aromatic N) is 6. The standard InChI is InChI=1S/C17H22N6O2/c1-12-20-15(21-25-12)14-6-3-10-23(14)16(24)13-5-2-9-22(11-13)17-18-7-4-8-19-17/h4,7-8,13-14H,2-3,5-6,9-11H2,1H3. The van der Waals surface area contributed by atoms with Crippen molar-refractivity contribution in [2.45, 2.75) is 38.6 Å². The Balaban J connectivity index is 1.48. The molecule has 2 aromatic rings. The van der Waals surface area contributed by atoms with Gasteiger partial charge in [0.05, 0.1) is 12.0 Å². The van der Waals surface area contributed by atoms with Gasteiger partial charge in [0.1, 0.15) is 0 Å². The minimum Gasteiger partial charge on any atom is -0.340 e. The lowest BCUT2D eigenvalue weighted by atomic mass is 9.96. The van der Waals surface area contributed by atoms with Crippen LogP contribution in [0, 0.1) is 12.8 Å². The summed E-state index contributed by atoms with van der Waals surface area (Å²) in [5.74, 6) is 2.02. The number of amides is 1. The molecule has 0 spiro atoms. The molecule has 2 atom stereocenters. The van der Waals surface area contributed by atoms with Crippen molar-refractivity contribution in [1.29, 1.82) is 0 Å². The van der Waals surface area contributed by atoms with E-state index in [0.29, 0.717) is 24.2 Å². The second-order valence-electron chi connectivity index (χ2n) is 6.70. The molecule has 0 radical (unpaired) electrons. The van der Waals surface area contributed by atoms with E-state index in [-0.39, 0.29) is 17.9 Å². The fourth-order valence-electron chi connectivity index (χ4n) is 3.80. The molecular weight excluding hydrogens is 320 g/mol. The molecule has 8 heteroatoms. The van der Waals surface area contributed by atoms with E-state index in [1.165, 1.54) is 0 Å². The van der Waals surface area contributed by atoms with Crippen LogP contribution >= 0.6 is 0 Å². The van der Waals surface area contributed by atoms with Crippen molar-refractivity contribution in [3.8, 4) is 0 Å². The maximum absolute atomic E-state index is 13.1. The normalized spacial score (nSPS) is 23.9. The van der Waals surface area contributed by atoms with Crippen molar-refractivity contribution in [3.05, 3.63) is 30.2 Å². The van der Waals surface area contributed by atoms with Crippen LogP contribution in [0.25, 0.3) is 0 Å². The van der Waals surface area contributed by atoms with Gasteiger partial charge in [0, 0.05) is 39.0 Å². The number of hydrogen-bond acceptors (Lipinski definition) is 7. The van der Waals surface area contributed by atoms with Gasteiger partial charge in [0.2, 0.25) is 17.7 Å². The van der Waals surface area contributed by atoms with Crippen LogP contribution in [0.2, 0.25) is 0 Å².